The smallest absolute Gasteiger partial charge is 0.254 e. The van der Waals surface area contributed by atoms with Crippen molar-refractivity contribution in [3.63, 3.8) is 0 Å². The van der Waals surface area contributed by atoms with Crippen LogP contribution in [0.3, 0.4) is 0 Å². The molecule has 1 N–H and O–H groups in total. The summed E-state index contributed by atoms with van der Waals surface area (Å²) in [5, 5.41) is 3.04. The Labute approximate surface area is 155 Å². The number of likely N-dealkylation sites (N-methyl/N-ethyl adjacent to an activating group) is 1. The molecule has 2 amide bonds. The van der Waals surface area contributed by atoms with Gasteiger partial charge in [0.05, 0.1) is 0 Å². The first-order valence-electron chi connectivity index (χ1n) is 10.0. The molecule has 140 valence electrons. The fourth-order valence-electron chi connectivity index (χ4n) is 4.30. The number of likely N-dealkylation sites (tertiary alicyclic amines) is 1. The van der Waals surface area contributed by atoms with Crippen molar-refractivity contribution in [2.24, 2.45) is 5.92 Å². The lowest BCUT2D eigenvalue weighted by atomic mass is 10.1. The lowest BCUT2D eigenvalue weighted by Gasteiger charge is -2.25. The maximum atomic E-state index is 13.0. The predicted molar refractivity (Wildman–Crippen MR) is 102 cm³/mol. The standard InChI is InChI=1S/C21H29N3O2/c1-23-12-9-16-14-17(6-7-19(16)23)21(26)24-11-2-3-18(24)8-10-22-20(25)13-15-4-5-15/h6-7,14-15,18H,2-5,8-13H2,1H3,(H,22,25)/t18-/m1/s1. The molecule has 2 aliphatic heterocycles. The number of carbonyl (C=O) groups is 2. The predicted octanol–water partition coefficient (Wildman–Crippen LogP) is 2.59. The van der Waals surface area contributed by atoms with Crippen LogP contribution in [-0.4, -0.2) is 49.4 Å². The van der Waals surface area contributed by atoms with Crippen molar-refractivity contribution in [1.29, 1.82) is 0 Å². The second-order valence-electron chi connectivity index (χ2n) is 8.10. The Hall–Kier alpha value is -2.04. The highest BCUT2D eigenvalue weighted by Gasteiger charge is 2.30. The molecule has 0 aromatic heterocycles. The van der Waals surface area contributed by atoms with E-state index < -0.39 is 0 Å². The van der Waals surface area contributed by atoms with Crippen LogP contribution in [0.5, 0.6) is 0 Å². The van der Waals surface area contributed by atoms with E-state index in [1.54, 1.807) is 0 Å². The topological polar surface area (TPSA) is 52.7 Å². The van der Waals surface area contributed by atoms with E-state index in [0.29, 0.717) is 18.9 Å². The van der Waals surface area contributed by atoms with Crippen LogP contribution in [0.4, 0.5) is 5.69 Å². The highest BCUT2D eigenvalue weighted by molar-refractivity contribution is 5.95. The van der Waals surface area contributed by atoms with Crippen molar-refractivity contribution in [2.45, 2.75) is 51.0 Å². The molecule has 0 spiro atoms. The van der Waals surface area contributed by atoms with E-state index >= 15 is 0 Å². The second-order valence-corrected chi connectivity index (χ2v) is 8.10. The molecule has 1 saturated heterocycles. The van der Waals surface area contributed by atoms with Crippen LogP contribution >= 0.6 is 0 Å². The Bertz CT molecular complexity index is 698. The first kappa shape index (κ1) is 17.4. The SMILES string of the molecule is CN1CCc2cc(C(=O)N3CCC[C@@H]3CCNC(=O)CC3CC3)ccc21. The summed E-state index contributed by atoms with van der Waals surface area (Å²) in [5.41, 5.74) is 3.34. The summed E-state index contributed by atoms with van der Waals surface area (Å²) in [6.07, 6.45) is 7.05. The van der Waals surface area contributed by atoms with Gasteiger partial charge in [0.1, 0.15) is 0 Å². The Balaban J connectivity index is 1.33. The summed E-state index contributed by atoms with van der Waals surface area (Å²) >= 11 is 0. The maximum absolute atomic E-state index is 13.0. The molecule has 1 saturated carbocycles. The van der Waals surface area contributed by atoms with Crippen LogP contribution in [0, 0.1) is 5.92 Å². The van der Waals surface area contributed by atoms with Crippen LogP contribution in [0.1, 0.15) is 54.4 Å². The zero-order valence-corrected chi connectivity index (χ0v) is 15.7. The van der Waals surface area contributed by atoms with Crippen LogP contribution in [0.2, 0.25) is 0 Å². The van der Waals surface area contributed by atoms with Gasteiger partial charge in [-0.05, 0) is 68.2 Å². The molecule has 1 aromatic carbocycles. The van der Waals surface area contributed by atoms with Gasteiger partial charge in [0, 0.05) is 50.4 Å². The molecule has 3 aliphatic rings. The van der Waals surface area contributed by atoms with Gasteiger partial charge in [0.2, 0.25) is 5.91 Å². The van der Waals surface area contributed by atoms with Gasteiger partial charge in [-0.1, -0.05) is 0 Å². The molecule has 0 radical (unpaired) electrons. The molecule has 1 aliphatic carbocycles. The normalized spacial score (nSPS) is 21.8. The third-order valence-electron chi connectivity index (χ3n) is 6.06. The summed E-state index contributed by atoms with van der Waals surface area (Å²) in [5.74, 6) is 0.943. The molecule has 4 rings (SSSR count). The minimum Gasteiger partial charge on any atom is -0.374 e. The molecule has 1 aromatic rings. The number of hydrogen-bond donors (Lipinski definition) is 1. The molecule has 2 heterocycles. The number of benzene rings is 1. The Morgan fingerprint density at radius 1 is 1.19 bits per heavy atom. The van der Waals surface area contributed by atoms with Crippen molar-refractivity contribution < 1.29 is 9.59 Å². The van der Waals surface area contributed by atoms with E-state index in [1.807, 2.05) is 11.0 Å². The van der Waals surface area contributed by atoms with E-state index in [0.717, 1.165) is 44.3 Å². The van der Waals surface area contributed by atoms with E-state index in [2.05, 4.69) is 29.4 Å². The average molecular weight is 355 g/mol. The minimum absolute atomic E-state index is 0.147. The van der Waals surface area contributed by atoms with E-state index in [4.69, 9.17) is 0 Å². The summed E-state index contributed by atoms with van der Waals surface area (Å²) in [4.78, 5) is 29.1. The second kappa shape index (κ2) is 7.29. The van der Waals surface area contributed by atoms with Gasteiger partial charge in [-0.25, -0.2) is 0 Å². The zero-order chi connectivity index (χ0) is 18.1. The third kappa shape index (κ3) is 3.71. The van der Waals surface area contributed by atoms with Crippen LogP contribution in [0.25, 0.3) is 0 Å². The lowest BCUT2D eigenvalue weighted by molar-refractivity contribution is -0.121. The van der Waals surface area contributed by atoms with Crippen LogP contribution < -0.4 is 10.2 Å². The lowest BCUT2D eigenvalue weighted by Crippen LogP contribution is -2.38. The van der Waals surface area contributed by atoms with Gasteiger partial charge in [0.25, 0.3) is 5.91 Å². The van der Waals surface area contributed by atoms with Gasteiger partial charge >= 0.3 is 0 Å². The number of amides is 2. The molecule has 0 unspecified atom stereocenters. The summed E-state index contributed by atoms with van der Waals surface area (Å²) < 4.78 is 0. The molecule has 5 nitrogen and oxygen atoms in total. The van der Waals surface area contributed by atoms with Crippen molar-refractivity contribution in [2.75, 3.05) is 31.6 Å². The molecule has 0 bridgehead atoms. The Morgan fingerprint density at radius 2 is 2.04 bits per heavy atom. The number of rotatable bonds is 6. The summed E-state index contributed by atoms with van der Waals surface area (Å²) in [6, 6.07) is 6.38. The number of hydrogen-bond acceptors (Lipinski definition) is 3. The van der Waals surface area contributed by atoms with Gasteiger partial charge in [-0.3, -0.25) is 9.59 Å². The summed E-state index contributed by atoms with van der Waals surface area (Å²) in [7, 11) is 2.10. The number of fused-ring (bicyclic) bond motifs is 1. The maximum Gasteiger partial charge on any atom is 0.254 e. The van der Waals surface area contributed by atoms with Crippen LogP contribution in [0.15, 0.2) is 18.2 Å². The Kier molecular flexibility index (Phi) is 4.88. The van der Waals surface area contributed by atoms with E-state index in [-0.39, 0.29) is 17.9 Å². The molecular weight excluding hydrogens is 326 g/mol. The van der Waals surface area contributed by atoms with Gasteiger partial charge in [0.15, 0.2) is 0 Å². The fraction of sp³-hybridized carbons (Fsp3) is 0.619. The average Bonchev–Trinajstić information content (AvgIpc) is 3.19. The zero-order valence-electron chi connectivity index (χ0n) is 15.7. The number of carbonyl (C=O) groups excluding carboxylic acids is 2. The molecular formula is C21H29N3O2. The molecule has 5 heteroatoms. The molecule has 26 heavy (non-hydrogen) atoms. The molecule has 2 fully saturated rings. The van der Waals surface area contributed by atoms with Crippen molar-refractivity contribution in [3.05, 3.63) is 29.3 Å². The highest BCUT2D eigenvalue weighted by atomic mass is 16.2. The van der Waals surface area contributed by atoms with E-state index in [9.17, 15) is 9.59 Å². The van der Waals surface area contributed by atoms with Crippen molar-refractivity contribution in [3.8, 4) is 0 Å². The fourth-order valence-corrected chi connectivity index (χ4v) is 4.30. The quantitative estimate of drug-likeness (QED) is 0.853. The first-order valence-corrected chi connectivity index (χ1v) is 10.0. The first-order chi connectivity index (χ1) is 12.6. The van der Waals surface area contributed by atoms with E-state index in [1.165, 1.54) is 24.1 Å². The monoisotopic (exact) mass is 355 g/mol. The van der Waals surface area contributed by atoms with Gasteiger partial charge in [-0.2, -0.15) is 0 Å². The van der Waals surface area contributed by atoms with Gasteiger partial charge in [-0.15, -0.1) is 0 Å². The largest absolute Gasteiger partial charge is 0.374 e. The number of nitrogens with one attached hydrogen (secondary N) is 1. The molecule has 1 atom stereocenters. The number of anilines is 1. The minimum atomic E-state index is 0.147. The van der Waals surface area contributed by atoms with Crippen molar-refractivity contribution >= 4 is 17.5 Å². The van der Waals surface area contributed by atoms with Crippen LogP contribution in [-0.2, 0) is 11.2 Å². The Morgan fingerprint density at radius 3 is 2.85 bits per heavy atom. The van der Waals surface area contributed by atoms with Gasteiger partial charge < -0.3 is 15.1 Å². The highest BCUT2D eigenvalue weighted by Crippen LogP contribution is 2.32. The number of nitrogens with zero attached hydrogens (tertiary/aromatic N) is 2. The van der Waals surface area contributed by atoms with Crippen molar-refractivity contribution in [1.82, 2.24) is 10.2 Å². The summed E-state index contributed by atoms with van der Waals surface area (Å²) in [6.45, 7) is 2.53. The third-order valence-corrected chi connectivity index (χ3v) is 6.06.